The van der Waals surface area contributed by atoms with Crippen LogP contribution in [0.1, 0.15) is 38.7 Å². The number of fused-ring (bicyclic) bond motifs is 1. The molecule has 1 saturated carbocycles. The van der Waals surface area contributed by atoms with Gasteiger partial charge in [-0.15, -0.1) is 0 Å². The monoisotopic (exact) mass is 344 g/mol. The third-order valence-corrected chi connectivity index (χ3v) is 5.88. The molecule has 25 heavy (non-hydrogen) atoms. The standard InChI is InChI=1S/C18H24N4O3/c1-3-12-8-19-14-13(12)15(21-11-20-14)22-9-18(24,10-22)17(6-5-7-17)16(23)25-4-2/h8,11,24H,3-7,9-10H2,1-2H3,(H,19,20,21). The van der Waals surface area contributed by atoms with Crippen LogP contribution < -0.4 is 4.90 Å². The molecule has 4 rings (SSSR count). The fraction of sp³-hybridized carbons (Fsp3) is 0.611. The summed E-state index contributed by atoms with van der Waals surface area (Å²) in [5.41, 5.74) is 0.167. The molecule has 0 bridgehead atoms. The van der Waals surface area contributed by atoms with Gasteiger partial charge in [0.2, 0.25) is 0 Å². The van der Waals surface area contributed by atoms with E-state index in [1.54, 1.807) is 6.92 Å². The molecular formula is C18H24N4O3. The number of aryl methyl sites for hydroxylation is 1. The van der Waals surface area contributed by atoms with Crippen molar-refractivity contribution < 1.29 is 14.6 Å². The highest BCUT2D eigenvalue weighted by Gasteiger charge is 2.65. The molecule has 0 aromatic carbocycles. The number of anilines is 1. The summed E-state index contributed by atoms with van der Waals surface area (Å²) in [4.78, 5) is 26.4. The van der Waals surface area contributed by atoms with E-state index in [4.69, 9.17) is 4.74 Å². The van der Waals surface area contributed by atoms with Crippen molar-refractivity contribution in [1.29, 1.82) is 0 Å². The number of rotatable bonds is 5. The normalized spacial score (nSPS) is 20.8. The molecule has 3 heterocycles. The maximum Gasteiger partial charge on any atom is 0.315 e. The van der Waals surface area contributed by atoms with E-state index in [0.717, 1.165) is 35.3 Å². The molecule has 7 heteroatoms. The first kappa shape index (κ1) is 16.3. The molecule has 2 aromatic rings. The van der Waals surface area contributed by atoms with Gasteiger partial charge in [-0.1, -0.05) is 13.3 Å². The van der Waals surface area contributed by atoms with Gasteiger partial charge in [-0.2, -0.15) is 0 Å². The largest absolute Gasteiger partial charge is 0.465 e. The van der Waals surface area contributed by atoms with Crippen LogP contribution >= 0.6 is 0 Å². The number of carbonyl (C=O) groups is 1. The Morgan fingerprint density at radius 3 is 2.72 bits per heavy atom. The number of aliphatic hydroxyl groups is 1. The number of carbonyl (C=O) groups excluding carboxylic acids is 1. The Balaban J connectivity index is 1.61. The Kier molecular flexibility index (Phi) is 3.72. The zero-order valence-corrected chi connectivity index (χ0v) is 14.7. The second-order valence-corrected chi connectivity index (χ2v) is 7.13. The molecule has 1 aliphatic heterocycles. The SMILES string of the molecule is CCOC(=O)C1(C2(O)CN(c3ncnc4[nH]cc(CC)c34)C2)CCC1. The molecule has 134 valence electrons. The lowest BCUT2D eigenvalue weighted by Gasteiger charge is -2.59. The number of hydrogen-bond donors (Lipinski definition) is 2. The molecule has 2 aromatic heterocycles. The van der Waals surface area contributed by atoms with E-state index in [0.29, 0.717) is 32.5 Å². The molecule has 0 atom stereocenters. The van der Waals surface area contributed by atoms with Crippen LogP contribution in [0.15, 0.2) is 12.5 Å². The molecule has 1 saturated heterocycles. The number of aromatic amines is 1. The number of esters is 1. The second kappa shape index (κ2) is 5.69. The number of H-pyrrole nitrogens is 1. The van der Waals surface area contributed by atoms with Gasteiger partial charge in [0.05, 0.1) is 25.1 Å². The van der Waals surface area contributed by atoms with E-state index in [9.17, 15) is 9.90 Å². The van der Waals surface area contributed by atoms with E-state index < -0.39 is 11.0 Å². The number of ether oxygens (including phenoxy) is 1. The van der Waals surface area contributed by atoms with Gasteiger partial charge in [-0.25, -0.2) is 9.97 Å². The van der Waals surface area contributed by atoms with Crippen molar-refractivity contribution in [2.75, 3.05) is 24.6 Å². The number of hydrogen-bond acceptors (Lipinski definition) is 6. The van der Waals surface area contributed by atoms with Gasteiger partial charge < -0.3 is 19.7 Å². The smallest absolute Gasteiger partial charge is 0.315 e. The van der Waals surface area contributed by atoms with Crippen LogP contribution in [0, 0.1) is 5.41 Å². The van der Waals surface area contributed by atoms with Crippen molar-refractivity contribution >= 4 is 22.8 Å². The van der Waals surface area contributed by atoms with Crippen LogP contribution in [0.3, 0.4) is 0 Å². The van der Waals surface area contributed by atoms with Gasteiger partial charge in [-0.05, 0) is 31.7 Å². The van der Waals surface area contributed by atoms with Crippen molar-refractivity contribution in [2.24, 2.45) is 5.41 Å². The summed E-state index contributed by atoms with van der Waals surface area (Å²) in [5, 5.41) is 12.2. The fourth-order valence-electron chi connectivity index (χ4n) is 4.22. The predicted octanol–water partition coefficient (Wildman–Crippen LogP) is 1.80. The summed E-state index contributed by atoms with van der Waals surface area (Å²) in [7, 11) is 0. The van der Waals surface area contributed by atoms with Gasteiger partial charge >= 0.3 is 5.97 Å². The quantitative estimate of drug-likeness (QED) is 0.804. The Morgan fingerprint density at radius 1 is 1.36 bits per heavy atom. The second-order valence-electron chi connectivity index (χ2n) is 7.13. The lowest BCUT2D eigenvalue weighted by molar-refractivity contribution is -0.195. The van der Waals surface area contributed by atoms with Crippen LogP contribution in [0.2, 0.25) is 0 Å². The zero-order chi connectivity index (χ0) is 17.7. The first-order chi connectivity index (χ1) is 12.0. The molecule has 2 fully saturated rings. The highest BCUT2D eigenvalue weighted by Crippen LogP contribution is 2.54. The first-order valence-electron chi connectivity index (χ1n) is 9.00. The highest BCUT2D eigenvalue weighted by molar-refractivity contribution is 5.91. The minimum absolute atomic E-state index is 0.257. The molecule has 0 radical (unpaired) electrons. The molecule has 7 nitrogen and oxygen atoms in total. The van der Waals surface area contributed by atoms with E-state index >= 15 is 0 Å². The molecule has 2 N–H and O–H groups in total. The number of aromatic nitrogens is 3. The molecule has 0 spiro atoms. The summed E-state index contributed by atoms with van der Waals surface area (Å²) < 4.78 is 5.26. The number of β-amino-alcohol motifs (C(OH)–C–C–N with tert-alkyl or cyclic N) is 1. The fourth-order valence-corrected chi connectivity index (χ4v) is 4.22. The van der Waals surface area contributed by atoms with Crippen molar-refractivity contribution in [1.82, 2.24) is 15.0 Å². The Bertz CT molecular complexity index is 806. The minimum Gasteiger partial charge on any atom is -0.465 e. The van der Waals surface area contributed by atoms with Gasteiger partial charge in [-0.3, -0.25) is 4.79 Å². The third kappa shape index (κ3) is 2.18. The van der Waals surface area contributed by atoms with E-state index in [-0.39, 0.29) is 5.97 Å². The lowest BCUT2D eigenvalue weighted by Crippen LogP contribution is -2.74. The van der Waals surface area contributed by atoms with Crippen LogP contribution in [-0.4, -0.2) is 51.3 Å². The average Bonchev–Trinajstić information content (AvgIpc) is 2.94. The van der Waals surface area contributed by atoms with Crippen LogP contribution in [0.25, 0.3) is 11.0 Å². The average molecular weight is 344 g/mol. The predicted molar refractivity (Wildman–Crippen MR) is 93.3 cm³/mol. The van der Waals surface area contributed by atoms with Crippen molar-refractivity contribution in [3.63, 3.8) is 0 Å². The number of nitrogens with one attached hydrogen (secondary N) is 1. The molecule has 0 amide bonds. The molecule has 0 unspecified atom stereocenters. The van der Waals surface area contributed by atoms with Gasteiger partial charge in [0.1, 0.15) is 28.8 Å². The summed E-state index contributed by atoms with van der Waals surface area (Å²) >= 11 is 0. The van der Waals surface area contributed by atoms with Crippen LogP contribution in [0.5, 0.6) is 0 Å². The first-order valence-corrected chi connectivity index (χ1v) is 9.00. The van der Waals surface area contributed by atoms with Crippen molar-refractivity contribution in [3.8, 4) is 0 Å². The molecular weight excluding hydrogens is 320 g/mol. The Labute approximate surface area is 146 Å². The Morgan fingerprint density at radius 2 is 2.12 bits per heavy atom. The highest BCUT2D eigenvalue weighted by atomic mass is 16.5. The maximum atomic E-state index is 12.5. The van der Waals surface area contributed by atoms with E-state index in [1.807, 2.05) is 11.1 Å². The van der Waals surface area contributed by atoms with Gasteiger partial charge in [0.25, 0.3) is 0 Å². The van der Waals surface area contributed by atoms with Crippen molar-refractivity contribution in [3.05, 3.63) is 18.1 Å². The molecule has 2 aliphatic rings. The zero-order valence-electron chi connectivity index (χ0n) is 14.7. The van der Waals surface area contributed by atoms with Crippen LogP contribution in [0.4, 0.5) is 5.82 Å². The topological polar surface area (TPSA) is 91.3 Å². The summed E-state index contributed by atoms with van der Waals surface area (Å²) in [5.74, 6) is 0.568. The number of nitrogens with zero attached hydrogens (tertiary/aromatic N) is 3. The molecule has 1 aliphatic carbocycles. The van der Waals surface area contributed by atoms with Crippen molar-refractivity contribution in [2.45, 2.75) is 45.1 Å². The summed E-state index contributed by atoms with van der Waals surface area (Å²) in [6.07, 6.45) is 6.72. The Hall–Kier alpha value is -2.15. The minimum atomic E-state index is -1.04. The third-order valence-electron chi connectivity index (χ3n) is 5.88. The van der Waals surface area contributed by atoms with Gasteiger partial charge in [0.15, 0.2) is 0 Å². The van der Waals surface area contributed by atoms with Crippen LogP contribution in [-0.2, 0) is 16.0 Å². The summed E-state index contributed by atoms with van der Waals surface area (Å²) in [6, 6.07) is 0. The lowest BCUT2D eigenvalue weighted by atomic mass is 9.56. The van der Waals surface area contributed by atoms with E-state index in [1.165, 1.54) is 6.33 Å². The summed E-state index contributed by atoms with van der Waals surface area (Å²) in [6.45, 7) is 5.03. The van der Waals surface area contributed by atoms with Gasteiger partial charge in [0, 0.05) is 6.20 Å². The van der Waals surface area contributed by atoms with E-state index in [2.05, 4.69) is 21.9 Å². The maximum absolute atomic E-state index is 12.5.